The molecule has 0 spiro atoms. The summed E-state index contributed by atoms with van der Waals surface area (Å²) >= 11 is 3.54. The Labute approximate surface area is 154 Å². The summed E-state index contributed by atoms with van der Waals surface area (Å²) in [5.41, 5.74) is 1.22. The largest absolute Gasteiger partial charge is 0.454 e. The van der Waals surface area contributed by atoms with Crippen LogP contribution in [0.1, 0.15) is 32.8 Å². The van der Waals surface area contributed by atoms with Crippen molar-refractivity contribution in [2.75, 3.05) is 33.6 Å². The first-order chi connectivity index (χ1) is 11.7. The van der Waals surface area contributed by atoms with E-state index in [1.807, 2.05) is 32.9 Å². The highest BCUT2D eigenvalue weighted by Crippen LogP contribution is 2.37. The van der Waals surface area contributed by atoms with Crippen LogP contribution in [-0.4, -0.2) is 43.8 Å². The molecule has 0 saturated carbocycles. The number of ether oxygens (including phenoxy) is 2. The zero-order valence-electron chi connectivity index (χ0n) is 15.3. The van der Waals surface area contributed by atoms with Crippen LogP contribution in [0, 0.1) is 0 Å². The minimum absolute atomic E-state index is 0.188. The third-order valence-electron chi connectivity index (χ3n) is 2.63. The zero-order chi connectivity index (χ0) is 18.8. The molecule has 1 aromatic rings. The number of nitrogens with one attached hydrogen (secondary N) is 1. The fraction of sp³-hybridized carbons (Fsp3) is 0.556. The number of aliphatic hydroxyl groups excluding tert-OH is 2. The Morgan fingerprint density at radius 3 is 2.29 bits per heavy atom. The molecule has 1 aromatic carbocycles. The average Bonchev–Trinajstić information content (AvgIpc) is 3.06. The van der Waals surface area contributed by atoms with Gasteiger partial charge in [-0.05, 0) is 44.0 Å². The smallest absolute Gasteiger partial charge is 0.231 e. The zero-order valence-corrected chi connectivity index (χ0v) is 16.9. The van der Waals surface area contributed by atoms with E-state index in [0.717, 1.165) is 42.5 Å². The number of halogens is 1. The summed E-state index contributed by atoms with van der Waals surface area (Å²) in [6, 6.07) is 3.98. The van der Waals surface area contributed by atoms with Crippen LogP contribution in [0.25, 0.3) is 0 Å². The molecule has 0 saturated heterocycles. The Bertz CT molecular complexity index is 428. The highest BCUT2D eigenvalue weighted by molar-refractivity contribution is 9.10. The van der Waals surface area contributed by atoms with Gasteiger partial charge in [0.05, 0.1) is 6.61 Å². The maximum atomic E-state index is 8.63. The number of hydrogen-bond donors (Lipinski definition) is 3. The molecule has 0 unspecified atom stereocenters. The van der Waals surface area contributed by atoms with E-state index in [9.17, 15) is 0 Å². The molecule has 1 aliphatic rings. The number of benzene rings is 1. The van der Waals surface area contributed by atoms with Crippen LogP contribution >= 0.6 is 15.9 Å². The molecule has 24 heavy (non-hydrogen) atoms. The van der Waals surface area contributed by atoms with E-state index in [2.05, 4.69) is 27.8 Å². The summed E-state index contributed by atoms with van der Waals surface area (Å²) in [4.78, 5) is 0. The lowest BCUT2D eigenvalue weighted by Crippen LogP contribution is -2.19. The van der Waals surface area contributed by atoms with Gasteiger partial charge in [0, 0.05) is 18.1 Å². The Balaban J connectivity index is 0. The van der Waals surface area contributed by atoms with Gasteiger partial charge in [0.25, 0.3) is 0 Å². The molecule has 140 valence electrons. The molecule has 0 fully saturated rings. The second kappa shape index (κ2) is 18.3. The molecule has 0 atom stereocenters. The molecule has 2 rings (SSSR count). The lowest BCUT2D eigenvalue weighted by molar-refractivity contribution is 0.174. The van der Waals surface area contributed by atoms with E-state index in [4.69, 9.17) is 19.7 Å². The fourth-order valence-electron chi connectivity index (χ4n) is 1.76. The molecule has 1 heterocycles. The quantitative estimate of drug-likeness (QED) is 0.498. The van der Waals surface area contributed by atoms with Gasteiger partial charge < -0.3 is 25.0 Å². The number of rotatable bonds is 6. The summed E-state index contributed by atoms with van der Waals surface area (Å²) in [5.74, 6) is 1.63. The number of aryl methyl sites for hydroxylation is 1. The van der Waals surface area contributed by atoms with Crippen LogP contribution in [-0.2, 0) is 6.42 Å². The first kappa shape index (κ1) is 25.2. The Kier molecular flexibility index (Phi) is 19.1. The van der Waals surface area contributed by atoms with Gasteiger partial charge in [-0.2, -0.15) is 0 Å². The van der Waals surface area contributed by atoms with Gasteiger partial charge in [-0.25, -0.2) is 0 Å². The molecule has 5 nitrogen and oxygen atoms in total. The third-order valence-corrected chi connectivity index (χ3v) is 3.37. The first-order valence-corrected chi connectivity index (χ1v) is 8.93. The molecule has 3 N–H and O–H groups in total. The summed E-state index contributed by atoms with van der Waals surface area (Å²) in [7, 11) is 1.00. The highest BCUT2D eigenvalue weighted by Gasteiger charge is 2.15. The van der Waals surface area contributed by atoms with Gasteiger partial charge in [0.15, 0.2) is 11.5 Å². The monoisotopic (exact) mass is 405 g/mol. The first-order valence-electron chi connectivity index (χ1n) is 8.14. The highest BCUT2D eigenvalue weighted by atomic mass is 79.9. The summed E-state index contributed by atoms with van der Waals surface area (Å²) in [6.07, 6.45) is 3.74. The summed E-state index contributed by atoms with van der Waals surface area (Å²) in [6.45, 7) is 11.3. The summed E-state index contributed by atoms with van der Waals surface area (Å²) < 4.78 is 11.7. The number of hydrogen-bond acceptors (Lipinski definition) is 5. The van der Waals surface area contributed by atoms with Crippen LogP contribution < -0.4 is 14.8 Å². The Morgan fingerprint density at radius 2 is 1.75 bits per heavy atom. The van der Waals surface area contributed by atoms with Crippen LogP contribution in [0.2, 0.25) is 0 Å². The SMILES string of the molecule is C=CC.CC.CO.OCCNCCCc1cc2c(cc1Br)OCO2. The Hall–Kier alpha value is -1.08. The minimum Gasteiger partial charge on any atom is -0.454 e. The summed E-state index contributed by atoms with van der Waals surface area (Å²) in [5, 5.41) is 18.8. The minimum atomic E-state index is 0.188. The third kappa shape index (κ3) is 10.6. The average molecular weight is 406 g/mol. The van der Waals surface area contributed by atoms with Crippen molar-refractivity contribution < 1.29 is 19.7 Å². The van der Waals surface area contributed by atoms with E-state index in [1.54, 1.807) is 6.08 Å². The number of fused-ring (bicyclic) bond motifs is 1. The molecule has 0 radical (unpaired) electrons. The van der Waals surface area contributed by atoms with Gasteiger partial charge in [-0.1, -0.05) is 35.9 Å². The molecule has 0 aromatic heterocycles. The number of aliphatic hydroxyl groups is 2. The van der Waals surface area contributed by atoms with Crippen molar-refractivity contribution >= 4 is 15.9 Å². The van der Waals surface area contributed by atoms with E-state index in [0.29, 0.717) is 13.3 Å². The fourth-order valence-corrected chi connectivity index (χ4v) is 2.28. The number of allylic oxidation sites excluding steroid dienone is 1. The molecule has 0 aliphatic carbocycles. The second-order valence-corrected chi connectivity index (χ2v) is 5.14. The van der Waals surface area contributed by atoms with Crippen molar-refractivity contribution in [3.63, 3.8) is 0 Å². The second-order valence-electron chi connectivity index (χ2n) is 4.28. The van der Waals surface area contributed by atoms with E-state index in [1.165, 1.54) is 5.56 Å². The lowest BCUT2D eigenvalue weighted by atomic mass is 10.1. The lowest BCUT2D eigenvalue weighted by Gasteiger charge is -2.07. The van der Waals surface area contributed by atoms with Gasteiger partial charge >= 0.3 is 0 Å². The molecular formula is C18H32BrNO4. The van der Waals surface area contributed by atoms with Crippen molar-refractivity contribution in [3.05, 3.63) is 34.8 Å². The Morgan fingerprint density at radius 1 is 1.21 bits per heavy atom. The topological polar surface area (TPSA) is 71.0 Å². The predicted molar refractivity (Wildman–Crippen MR) is 104 cm³/mol. The molecule has 0 amide bonds. The van der Waals surface area contributed by atoms with Crippen LogP contribution in [0.15, 0.2) is 29.3 Å². The molecular weight excluding hydrogens is 374 g/mol. The van der Waals surface area contributed by atoms with Gasteiger partial charge in [0.2, 0.25) is 6.79 Å². The van der Waals surface area contributed by atoms with Crippen LogP contribution in [0.4, 0.5) is 0 Å². The normalized spacial score (nSPS) is 10.3. The van der Waals surface area contributed by atoms with E-state index < -0.39 is 0 Å². The van der Waals surface area contributed by atoms with Gasteiger partial charge in [-0.15, -0.1) is 6.58 Å². The molecule has 6 heteroatoms. The molecule has 0 bridgehead atoms. The maximum absolute atomic E-state index is 8.63. The standard InChI is InChI=1S/C12H16BrNO3.C3H6.C2H6.CH4O/c13-10-7-12-11(16-8-17-12)6-9(10)2-1-3-14-4-5-15;1-3-2;2*1-2/h6-7,14-15H,1-5,8H2;3H,1H2,2H3;1-2H3;2H,1H3. The van der Waals surface area contributed by atoms with Crippen molar-refractivity contribution in [1.29, 1.82) is 0 Å². The van der Waals surface area contributed by atoms with Gasteiger partial charge in [0.1, 0.15) is 0 Å². The van der Waals surface area contributed by atoms with E-state index >= 15 is 0 Å². The van der Waals surface area contributed by atoms with Gasteiger partial charge in [-0.3, -0.25) is 0 Å². The van der Waals surface area contributed by atoms with Crippen LogP contribution in [0.3, 0.4) is 0 Å². The van der Waals surface area contributed by atoms with Crippen LogP contribution in [0.5, 0.6) is 11.5 Å². The van der Waals surface area contributed by atoms with E-state index in [-0.39, 0.29) is 6.61 Å². The van der Waals surface area contributed by atoms with Crippen molar-refractivity contribution in [3.8, 4) is 11.5 Å². The van der Waals surface area contributed by atoms with Crippen molar-refractivity contribution in [1.82, 2.24) is 5.32 Å². The van der Waals surface area contributed by atoms with Crippen molar-refractivity contribution in [2.45, 2.75) is 33.6 Å². The molecule has 1 aliphatic heterocycles. The predicted octanol–water partition coefficient (Wildman–Crippen LogP) is 3.52. The maximum Gasteiger partial charge on any atom is 0.231 e. The van der Waals surface area contributed by atoms with Crippen molar-refractivity contribution in [2.24, 2.45) is 0 Å².